The van der Waals surface area contributed by atoms with E-state index >= 15 is 0 Å². The molecule has 1 aromatic carbocycles. The number of likely N-dealkylation sites (N-methyl/N-ethyl adjacent to an activating group) is 1. The Morgan fingerprint density at radius 3 is 2.60 bits per heavy atom. The van der Waals surface area contributed by atoms with Gasteiger partial charge in [-0.1, -0.05) is 18.2 Å². The lowest BCUT2D eigenvalue weighted by Gasteiger charge is -2.22. The lowest BCUT2D eigenvalue weighted by molar-refractivity contribution is 0.0748. The first-order chi connectivity index (χ1) is 11.6. The van der Waals surface area contributed by atoms with Crippen LogP contribution in [0.4, 0.5) is 15.5 Å². The highest BCUT2D eigenvalue weighted by atomic mass is 35.5. The third-order valence-corrected chi connectivity index (χ3v) is 4.98. The normalized spacial score (nSPS) is 16.0. The van der Waals surface area contributed by atoms with Crippen molar-refractivity contribution in [2.24, 2.45) is 0 Å². The SMILES string of the molecule is CN(C(=O)c1ccc(NC(=O)Nc2ccccc2)s1)C1CCNC1.Cl. The van der Waals surface area contributed by atoms with Crippen LogP contribution in [0.15, 0.2) is 42.5 Å². The number of hydrogen-bond donors (Lipinski definition) is 3. The molecule has 3 N–H and O–H groups in total. The van der Waals surface area contributed by atoms with Crippen LogP contribution in [0.2, 0.25) is 0 Å². The summed E-state index contributed by atoms with van der Waals surface area (Å²) in [6.07, 6.45) is 0.970. The number of para-hydroxylation sites is 1. The Morgan fingerprint density at radius 1 is 1.16 bits per heavy atom. The minimum absolute atomic E-state index is 0. The van der Waals surface area contributed by atoms with E-state index in [-0.39, 0.29) is 30.4 Å². The van der Waals surface area contributed by atoms with E-state index in [2.05, 4.69) is 16.0 Å². The first-order valence-corrected chi connectivity index (χ1v) is 8.66. The summed E-state index contributed by atoms with van der Waals surface area (Å²) in [7, 11) is 1.83. The molecule has 6 nitrogen and oxygen atoms in total. The number of amides is 3. The number of thiophene rings is 1. The van der Waals surface area contributed by atoms with Crippen molar-refractivity contribution in [2.45, 2.75) is 12.5 Å². The fourth-order valence-corrected chi connectivity index (χ4v) is 3.51. The van der Waals surface area contributed by atoms with E-state index in [0.29, 0.717) is 9.88 Å². The molecule has 2 aromatic rings. The van der Waals surface area contributed by atoms with Gasteiger partial charge in [-0.15, -0.1) is 23.7 Å². The van der Waals surface area contributed by atoms with Crippen molar-refractivity contribution in [3.63, 3.8) is 0 Å². The van der Waals surface area contributed by atoms with Crippen LogP contribution >= 0.6 is 23.7 Å². The molecule has 1 saturated heterocycles. The molecule has 1 aliphatic heterocycles. The summed E-state index contributed by atoms with van der Waals surface area (Å²) in [5.74, 6) is -0.00906. The molecule has 0 spiro atoms. The zero-order chi connectivity index (χ0) is 16.9. The van der Waals surface area contributed by atoms with Gasteiger partial charge in [0.25, 0.3) is 5.91 Å². The first kappa shape index (κ1) is 19.2. The highest BCUT2D eigenvalue weighted by molar-refractivity contribution is 7.18. The van der Waals surface area contributed by atoms with Crippen molar-refractivity contribution in [2.75, 3.05) is 30.8 Å². The summed E-state index contributed by atoms with van der Waals surface area (Å²) < 4.78 is 0. The monoisotopic (exact) mass is 380 g/mol. The molecule has 0 aliphatic carbocycles. The molecule has 1 aliphatic rings. The Bertz CT molecular complexity index is 716. The third-order valence-electron chi connectivity index (χ3n) is 3.99. The largest absolute Gasteiger partial charge is 0.337 e. The van der Waals surface area contributed by atoms with Crippen LogP contribution in [0.3, 0.4) is 0 Å². The third kappa shape index (κ3) is 4.94. The number of rotatable bonds is 4. The highest BCUT2D eigenvalue weighted by Crippen LogP contribution is 2.24. The Balaban J connectivity index is 0.00000225. The molecular formula is C17H21ClN4O2S. The number of hydrogen-bond acceptors (Lipinski definition) is 4. The molecular weight excluding hydrogens is 360 g/mol. The van der Waals surface area contributed by atoms with Crippen LogP contribution < -0.4 is 16.0 Å². The van der Waals surface area contributed by atoms with Gasteiger partial charge < -0.3 is 15.5 Å². The number of anilines is 2. The van der Waals surface area contributed by atoms with E-state index in [1.807, 2.05) is 37.4 Å². The lowest BCUT2D eigenvalue weighted by Crippen LogP contribution is -2.37. The Kier molecular flexibility index (Phi) is 6.81. The predicted molar refractivity (Wildman–Crippen MR) is 104 cm³/mol. The maximum atomic E-state index is 12.5. The van der Waals surface area contributed by atoms with Crippen LogP contribution in [-0.2, 0) is 0 Å². The molecule has 2 heterocycles. The first-order valence-electron chi connectivity index (χ1n) is 7.84. The van der Waals surface area contributed by atoms with Crippen molar-refractivity contribution in [1.29, 1.82) is 0 Å². The van der Waals surface area contributed by atoms with Gasteiger partial charge in [0.15, 0.2) is 0 Å². The Hall–Kier alpha value is -2.09. The lowest BCUT2D eigenvalue weighted by atomic mass is 10.2. The van der Waals surface area contributed by atoms with Crippen molar-refractivity contribution >= 4 is 46.4 Å². The van der Waals surface area contributed by atoms with Crippen molar-refractivity contribution in [3.05, 3.63) is 47.3 Å². The molecule has 3 rings (SSSR count). The zero-order valence-corrected chi connectivity index (χ0v) is 15.5. The van der Waals surface area contributed by atoms with Crippen LogP contribution in [-0.4, -0.2) is 43.0 Å². The van der Waals surface area contributed by atoms with Crippen LogP contribution in [0, 0.1) is 0 Å². The number of nitrogens with one attached hydrogen (secondary N) is 3. The van der Waals surface area contributed by atoms with Crippen LogP contribution in [0.1, 0.15) is 16.1 Å². The summed E-state index contributed by atoms with van der Waals surface area (Å²) in [4.78, 5) is 26.9. The topological polar surface area (TPSA) is 73.5 Å². The molecule has 0 radical (unpaired) electrons. The van der Waals surface area contributed by atoms with Gasteiger partial charge in [0, 0.05) is 25.3 Å². The zero-order valence-electron chi connectivity index (χ0n) is 13.8. The smallest absolute Gasteiger partial charge is 0.324 e. The average Bonchev–Trinajstić information content (AvgIpc) is 3.26. The second-order valence-corrected chi connectivity index (χ2v) is 6.76. The van der Waals surface area contributed by atoms with E-state index in [1.54, 1.807) is 17.0 Å². The van der Waals surface area contributed by atoms with Gasteiger partial charge in [-0.3, -0.25) is 10.1 Å². The van der Waals surface area contributed by atoms with Gasteiger partial charge in [0.05, 0.1) is 9.88 Å². The average molecular weight is 381 g/mol. The minimum Gasteiger partial charge on any atom is -0.337 e. The molecule has 1 aromatic heterocycles. The predicted octanol–water partition coefficient (Wildman–Crippen LogP) is 3.25. The summed E-state index contributed by atoms with van der Waals surface area (Å²) >= 11 is 1.28. The van der Waals surface area contributed by atoms with Gasteiger partial charge in [-0.05, 0) is 37.2 Å². The van der Waals surface area contributed by atoms with Crippen LogP contribution in [0.5, 0.6) is 0 Å². The van der Waals surface area contributed by atoms with Gasteiger partial charge in [-0.25, -0.2) is 4.79 Å². The van der Waals surface area contributed by atoms with E-state index in [0.717, 1.165) is 25.2 Å². The number of urea groups is 1. The van der Waals surface area contributed by atoms with Crippen molar-refractivity contribution in [3.8, 4) is 0 Å². The Labute approximate surface area is 157 Å². The van der Waals surface area contributed by atoms with Crippen molar-refractivity contribution in [1.82, 2.24) is 10.2 Å². The van der Waals surface area contributed by atoms with Gasteiger partial charge in [0.1, 0.15) is 0 Å². The molecule has 0 bridgehead atoms. The molecule has 1 unspecified atom stereocenters. The second-order valence-electron chi connectivity index (χ2n) is 5.67. The maximum Gasteiger partial charge on any atom is 0.324 e. The van der Waals surface area contributed by atoms with Crippen LogP contribution in [0.25, 0.3) is 0 Å². The van der Waals surface area contributed by atoms with Gasteiger partial charge in [-0.2, -0.15) is 0 Å². The van der Waals surface area contributed by atoms with E-state index < -0.39 is 0 Å². The molecule has 25 heavy (non-hydrogen) atoms. The summed E-state index contributed by atoms with van der Waals surface area (Å²) in [6.45, 7) is 1.78. The quantitative estimate of drug-likeness (QED) is 0.762. The number of nitrogens with zero attached hydrogens (tertiary/aromatic N) is 1. The molecule has 1 atom stereocenters. The molecule has 134 valence electrons. The number of benzene rings is 1. The minimum atomic E-state index is -0.324. The highest BCUT2D eigenvalue weighted by Gasteiger charge is 2.25. The standard InChI is InChI=1S/C17H20N4O2S.ClH/c1-21(13-9-10-18-11-13)16(22)14-7-8-15(24-14)20-17(23)19-12-5-3-2-4-6-12;/h2-8,13,18H,9-11H2,1H3,(H2,19,20,23);1H. The molecule has 1 fully saturated rings. The summed E-state index contributed by atoms with van der Waals surface area (Å²) in [6, 6.07) is 12.6. The molecule has 0 saturated carbocycles. The molecule has 3 amide bonds. The number of halogens is 1. The number of carbonyl (C=O) groups excluding carboxylic acids is 2. The fourth-order valence-electron chi connectivity index (χ4n) is 2.63. The molecule has 8 heteroatoms. The fraction of sp³-hybridized carbons (Fsp3) is 0.294. The second kappa shape index (κ2) is 8.84. The summed E-state index contributed by atoms with van der Waals surface area (Å²) in [5.41, 5.74) is 0.719. The van der Waals surface area contributed by atoms with E-state index in [4.69, 9.17) is 0 Å². The van der Waals surface area contributed by atoms with E-state index in [9.17, 15) is 9.59 Å². The van der Waals surface area contributed by atoms with Crippen molar-refractivity contribution < 1.29 is 9.59 Å². The maximum absolute atomic E-state index is 12.5. The van der Waals surface area contributed by atoms with Gasteiger partial charge >= 0.3 is 6.03 Å². The van der Waals surface area contributed by atoms with Gasteiger partial charge in [0.2, 0.25) is 0 Å². The summed E-state index contributed by atoms with van der Waals surface area (Å²) in [5, 5.41) is 9.41. The van der Waals surface area contributed by atoms with E-state index in [1.165, 1.54) is 11.3 Å². The Morgan fingerprint density at radius 2 is 1.92 bits per heavy atom. The number of carbonyl (C=O) groups is 2.